The number of hydrogen-bond acceptors (Lipinski definition) is 5. The van der Waals surface area contributed by atoms with Crippen LogP contribution in [0.25, 0.3) is 0 Å². The molecule has 1 unspecified atom stereocenters. The van der Waals surface area contributed by atoms with Crippen molar-refractivity contribution in [3.8, 4) is 23.8 Å². The molecule has 1 N–H and O–H groups in total. The second-order valence-corrected chi connectivity index (χ2v) is 6.71. The molecule has 0 aromatic heterocycles. The van der Waals surface area contributed by atoms with Gasteiger partial charge >= 0.3 is 10.3 Å². The summed E-state index contributed by atoms with van der Waals surface area (Å²) in [4.78, 5) is 0. The third-order valence-corrected chi connectivity index (χ3v) is 4.25. The van der Waals surface area contributed by atoms with Crippen molar-refractivity contribution in [1.82, 2.24) is 4.72 Å². The molecule has 1 aromatic rings. The molecule has 1 aliphatic rings. The molecule has 0 fully saturated rings. The van der Waals surface area contributed by atoms with Gasteiger partial charge in [0, 0.05) is 12.2 Å². The molecule has 0 saturated heterocycles. The van der Waals surface area contributed by atoms with E-state index in [2.05, 4.69) is 10.6 Å². The fraction of sp³-hybridized carbons (Fsp3) is 0.467. The standard InChI is InChI=1S/C15H19NO5S/c1-5-9-16-22(17,18)21-11-7-8-13-12(10-11)15(3,4)14(20-13)19-6-2/h1,7-8,10,14,16H,6,9H2,2-4H3. The molecule has 1 aliphatic heterocycles. The van der Waals surface area contributed by atoms with E-state index < -0.39 is 22.0 Å². The highest BCUT2D eigenvalue weighted by molar-refractivity contribution is 7.85. The van der Waals surface area contributed by atoms with E-state index in [0.717, 1.165) is 5.56 Å². The van der Waals surface area contributed by atoms with Crippen LogP contribution in [0.5, 0.6) is 11.5 Å². The molecule has 1 heterocycles. The van der Waals surface area contributed by atoms with E-state index in [9.17, 15) is 8.42 Å². The normalized spacial score (nSPS) is 19.1. The zero-order chi connectivity index (χ0) is 16.4. The number of fused-ring (bicyclic) bond motifs is 1. The van der Waals surface area contributed by atoms with Gasteiger partial charge in [-0.15, -0.1) is 6.42 Å². The third-order valence-electron chi connectivity index (χ3n) is 3.34. The van der Waals surface area contributed by atoms with Crippen molar-refractivity contribution >= 4 is 10.3 Å². The summed E-state index contributed by atoms with van der Waals surface area (Å²) in [5.41, 5.74) is 0.413. The van der Waals surface area contributed by atoms with Gasteiger partial charge in [0.25, 0.3) is 0 Å². The Labute approximate surface area is 131 Å². The molecule has 0 aliphatic carbocycles. The molecule has 0 bridgehead atoms. The quantitative estimate of drug-likeness (QED) is 0.804. The van der Waals surface area contributed by atoms with Crippen molar-refractivity contribution in [2.45, 2.75) is 32.5 Å². The average Bonchev–Trinajstić information content (AvgIpc) is 2.69. The zero-order valence-corrected chi connectivity index (χ0v) is 13.6. The summed E-state index contributed by atoms with van der Waals surface area (Å²) >= 11 is 0. The summed E-state index contributed by atoms with van der Waals surface area (Å²) in [6.07, 6.45) is 4.60. The summed E-state index contributed by atoms with van der Waals surface area (Å²) in [6, 6.07) is 4.84. The maximum atomic E-state index is 11.7. The highest BCUT2D eigenvalue weighted by Crippen LogP contribution is 2.44. The Morgan fingerprint density at radius 1 is 1.45 bits per heavy atom. The lowest BCUT2D eigenvalue weighted by Crippen LogP contribution is -2.34. The summed E-state index contributed by atoms with van der Waals surface area (Å²) < 4.78 is 41.8. The van der Waals surface area contributed by atoms with Crippen LogP contribution in [0, 0.1) is 12.3 Å². The van der Waals surface area contributed by atoms with Crippen LogP contribution in [0.4, 0.5) is 0 Å². The van der Waals surface area contributed by atoms with E-state index in [0.29, 0.717) is 12.4 Å². The van der Waals surface area contributed by atoms with Crippen molar-refractivity contribution in [2.75, 3.05) is 13.2 Å². The van der Waals surface area contributed by atoms with Crippen LogP contribution in [-0.4, -0.2) is 27.9 Å². The lowest BCUT2D eigenvalue weighted by atomic mass is 9.85. The van der Waals surface area contributed by atoms with E-state index in [4.69, 9.17) is 20.1 Å². The maximum absolute atomic E-state index is 11.7. The van der Waals surface area contributed by atoms with E-state index >= 15 is 0 Å². The first-order chi connectivity index (χ1) is 10.3. The van der Waals surface area contributed by atoms with Crippen LogP contribution >= 0.6 is 0 Å². The average molecular weight is 325 g/mol. The van der Waals surface area contributed by atoms with Crippen molar-refractivity contribution in [3.05, 3.63) is 23.8 Å². The van der Waals surface area contributed by atoms with Crippen LogP contribution in [0.2, 0.25) is 0 Å². The van der Waals surface area contributed by atoms with Gasteiger partial charge in [0.15, 0.2) is 0 Å². The molecule has 0 amide bonds. The van der Waals surface area contributed by atoms with Crippen LogP contribution in [0.1, 0.15) is 26.3 Å². The molecule has 22 heavy (non-hydrogen) atoms. The maximum Gasteiger partial charge on any atom is 0.383 e. The smallest absolute Gasteiger partial charge is 0.383 e. The predicted molar refractivity (Wildman–Crippen MR) is 81.9 cm³/mol. The second kappa shape index (κ2) is 6.16. The second-order valence-electron chi connectivity index (χ2n) is 5.35. The highest BCUT2D eigenvalue weighted by atomic mass is 32.2. The van der Waals surface area contributed by atoms with Gasteiger partial charge in [0.2, 0.25) is 6.29 Å². The molecule has 6 nitrogen and oxygen atoms in total. The van der Waals surface area contributed by atoms with Crippen molar-refractivity contribution in [1.29, 1.82) is 0 Å². The molecule has 1 atom stereocenters. The van der Waals surface area contributed by atoms with Crippen LogP contribution in [-0.2, 0) is 20.5 Å². The van der Waals surface area contributed by atoms with Crippen LogP contribution < -0.4 is 13.6 Å². The zero-order valence-electron chi connectivity index (χ0n) is 12.8. The third kappa shape index (κ3) is 3.35. The number of ether oxygens (including phenoxy) is 2. The number of nitrogens with one attached hydrogen (secondary N) is 1. The molecule has 0 spiro atoms. The van der Waals surface area contributed by atoms with Crippen LogP contribution in [0.15, 0.2) is 18.2 Å². The van der Waals surface area contributed by atoms with Crippen molar-refractivity contribution in [2.24, 2.45) is 0 Å². The first kappa shape index (κ1) is 16.6. The van der Waals surface area contributed by atoms with Gasteiger partial charge in [0.05, 0.1) is 12.0 Å². The first-order valence-electron chi connectivity index (χ1n) is 6.85. The van der Waals surface area contributed by atoms with Crippen molar-refractivity contribution < 1.29 is 22.1 Å². The Hall–Kier alpha value is -1.75. The van der Waals surface area contributed by atoms with Crippen molar-refractivity contribution in [3.63, 3.8) is 0 Å². The molecule has 0 radical (unpaired) electrons. The topological polar surface area (TPSA) is 73.9 Å². The van der Waals surface area contributed by atoms with Crippen LogP contribution in [0.3, 0.4) is 0 Å². The van der Waals surface area contributed by atoms with E-state index in [-0.39, 0.29) is 12.3 Å². The monoisotopic (exact) mass is 325 g/mol. The molecular formula is C15H19NO5S. The van der Waals surface area contributed by atoms with Gasteiger partial charge in [-0.2, -0.15) is 13.1 Å². The lowest BCUT2D eigenvalue weighted by Gasteiger charge is -2.25. The lowest BCUT2D eigenvalue weighted by molar-refractivity contribution is -0.0981. The minimum absolute atomic E-state index is 0.131. The van der Waals surface area contributed by atoms with Gasteiger partial charge in [-0.05, 0) is 39.0 Å². The first-order valence-corrected chi connectivity index (χ1v) is 8.26. The minimum Gasteiger partial charge on any atom is -0.464 e. The Kier molecular flexibility index (Phi) is 4.66. The summed E-state index contributed by atoms with van der Waals surface area (Å²) in [5.74, 6) is 3.03. The molecular weight excluding hydrogens is 306 g/mol. The van der Waals surface area contributed by atoms with E-state index in [1.165, 1.54) is 6.07 Å². The summed E-state index contributed by atoms with van der Waals surface area (Å²) in [7, 11) is -3.94. The summed E-state index contributed by atoms with van der Waals surface area (Å²) in [5, 5.41) is 0. The fourth-order valence-electron chi connectivity index (χ4n) is 2.24. The number of terminal acetylenes is 1. The molecule has 0 saturated carbocycles. The van der Waals surface area contributed by atoms with Gasteiger partial charge in [0.1, 0.15) is 11.5 Å². The van der Waals surface area contributed by atoms with Gasteiger partial charge < -0.3 is 13.7 Å². The van der Waals surface area contributed by atoms with Gasteiger partial charge in [-0.1, -0.05) is 5.92 Å². The fourth-order valence-corrected chi connectivity index (χ4v) is 2.91. The number of rotatable bonds is 6. The Morgan fingerprint density at radius 3 is 2.82 bits per heavy atom. The predicted octanol–water partition coefficient (Wildman–Crippen LogP) is 1.57. The molecule has 120 valence electrons. The molecule has 2 rings (SSSR count). The SMILES string of the molecule is C#CCNS(=O)(=O)Oc1ccc2c(c1)C(C)(C)C(OCC)O2. The van der Waals surface area contributed by atoms with E-state index in [1.54, 1.807) is 12.1 Å². The highest BCUT2D eigenvalue weighted by Gasteiger charge is 2.42. The summed E-state index contributed by atoms with van der Waals surface area (Å²) in [6.45, 7) is 6.22. The minimum atomic E-state index is -3.94. The van der Waals surface area contributed by atoms with Gasteiger partial charge in [-0.3, -0.25) is 0 Å². The number of hydrogen-bond donors (Lipinski definition) is 1. The Morgan fingerprint density at radius 2 is 2.18 bits per heavy atom. The molecule has 1 aromatic carbocycles. The number of benzene rings is 1. The van der Waals surface area contributed by atoms with E-state index in [1.807, 2.05) is 20.8 Å². The van der Waals surface area contributed by atoms with Gasteiger partial charge in [-0.25, -0.2) is 0 Å². The Bertz CT molecular complexity index is 690. The molecule has 7 heteroatoms. The Balaban J connectivity index is 2.24. The largest absolute Gasteiger partial charge is 0.464 e.